The summed E-state index contributed by atoms with van der Waals surface area (Å²) in [7, 11) is 0. The van der Waals surface area contributed by atoms with E-state index in [1.54, 1.807) is 0 Å². The fraction of sp³-hybridized carbons (Fsp3) is 0.850. The van der Waals surface area contributed by atoms with Crippen LogP contribution in [0.25, 0.3) is 0 Å². The van der Waals surface area contributed by atoms with Gasteiger partial charge in [-0.2, -0.15) is 0 Å². The van der Waals surface area contributed by atoms with E-state index in [1.807, 2.05) is 13.8 Å². The molecule has 2 saturated carbocycles. The summed E-state index contributed by atoms with van der Waals surface area (Å²) in [5, 5.41) is 30.0. The predicted octanol–water partition coefficient (Wildman–Crippen LogP) is 2.46. The van der Waals surface area contributed by atoms with Crippen molar-refractivity contribution in [3.05, 3.63) is 11.6 Å². The number of aliphatic hydroxyl groups is 3. The van der Waals surface area contributed by atoms with Crippen molar-refractivity contribution in [2.24, 2.45) is 28.1 Å². The Labute approximate surface area is 145 Å². The summed E-state index contributed by atoms with van der Waals surface area (Å²) < 4.78 is 0. The first-order valence-electron chi connectivity index (χ1n) is 9.25. The molecule has 0 aromatic rings. The van der Waals surface area contributed by atoms with Gasteiger partial charge in [0, 0.05) is 11.8 Å². The summed E-state index contributed by atoms with van der Waals surface area (Å²) in [4.78, 5) is 12.5. The molecule has 4 heteroatoms. The molecular weight excluding hydrogens is 304 g/mol. The Balaban J connectivity index is 1.95. The minimum Gasteiger partial charge on any atom is -0.394 e. The van der Waals surface area contributed by atoms with Crippen LogP contribution in [-0.4, -0.2) is 39.9 Å². The maximum absolute atomic E-state index is 12.5. The van der Waals surface area contributed by atoms with Gasteiger partial charge in [-0.1, -0.05) is 39.3 Å². The van der Waals surface area contributed by atoms with Crippen molar-refractivity contribution in [1.29, 1.82) is 0 Å². The third kappa shape index (κ3) is 2.41. The van der Waals surface area contributed by atoms with E-state index in [0.717, 1.165) is 25.7 Å². The number of ketones is 1. The molecule has 0 aliphatic heterocycles. The van der Waals surface area contributed by atoms with Crippen molar-refractivity contribution in [2.45, 2.75) is 72.0 Å². The minimum absolute atomic E-state index is 0.0243. The predicted molar refractivity (Wildman–Crippen MR) is 92.2 cm³/mol. The lowest BCUT2D eigenvalue weighted by molar-refractivity contribution is -0.161. The van der Waals surface area contributed by atoms with Crippen LogP contribution in [0, 0.1) is 28.1 Å². The van der Waals surface area contributed by atoms with Crippen LogP contribution in [-0.2, 0) is 4.79 Å². The van der Waals surface area contributed by atoms with E-state index < -0.39 is 17.6 Å². The van der Waals surface area contributed by atoms with E-state index in [0.29, 0.717) is 18.3 Å². The summed E-state index contributed by atoms with van der Waals surface area (Å²) in [6.07, 6.45) is 4.64. The normalized spacial score (nSPS) is 45.9. The summed E-state index contributed by atoms with van der Waals surface area (Å²) in [5.41, 5.74) is 0.538. The highest BCUT2D eigenvalue weighted by molar-refractivity contribution is 5.85. The van der Waals surface area contributed by atoms with Crippen LogP contribution in [0.3, 0.4) is 0 Å². The average molecular weight is 336 g/mol. The molecule has 136 valence electrons. The van der Waals surface area contributed by atoms with E-state index in [2.05, 4.69) is 19.9 Å². The van der Waals surface area contributed by atoms with Gasteiger partial charge in [0.25, 0.3) is 0 Å². The zero-order valence-corrected chi connectivity index (χ0v) is 15.4. The van der Waals surface area contributed by atoms with Crippen LogP contribution in [0.1, 0.15) is 59.8 Å². The van der Waals surface area contributed by atoms with E-state index in [-0.39, 0.29) is 23.2 Å². The molecule has 0 amide bonds. The van der Waals surface area contributed by atoms with E-state index in [1.165, 1.54) is 5.57 Å². The number of aliphatic hydroxyl groups excluding tert-OH is 3. The second kappa shape index (κ2) is 5.65. The van der Waals surface area contributed by atoms with Gasteiger partial charge in [-0.05, 0) is 48.3 Å². The van der Waals surface area contributed by atoms with Crippen molar-refractivity contribution in [3.63, 3.8) is 0 Å². The number of fused-ring (bicyclic) bond motifs is 3. The molecule has 6 atom stereocenters. The molecule has 2 fully saturated rings. The van der Waals surface area contributed by atoms with Crippen LogP contribution >= 0.6 is 0 Å². The third-order valence-electron chi connectivity index (χ3n) is 7.71. The molecule has 3 aliphatic rings. The number of carbonyl (C=O) groups excluding carboxylic acids is 1. The number of allylic oxidation sites excluding steroid dienone is 2. The van der Waals surface area contributed by atoms with Crippen LogP contribution in [0.5, 0.6) is 0 Å². The van der Waals surface area contributed by atoms with Gasteiger partial charge in [0.1, 0.15) is 6.10 Å². The van der Waals surface area contributed by atoms with E-state index in [9.17, 15) is 20.1 Å². The first-order valence-corrected chi connectivity index (χ1v) is 9.25. The van der Waals surface area contributed by atoms with Gasteiger partial charge >= 0.3 is 0 Å². The fourth-order valence-electron chi connectivity index (χ4n) is 6.07. The lowest BCUT2D eigenvalue weighted by Crippen LogP contribution is -2.59. The Morgan fingerprint density at radius 3 is 2.54 bits per heavy atom. The highest BCUT2D eigenvalue weighted by Crippen LogP contribution is 2.63. The fourth-order valence-corrected chi connectivity index (χ4v) is 6.07. The minimum atomic E-state index is -0.865. The highest BCUT2D eigenvalue weighted by Gasteiger charge is 2.59. The number of carbonyl (C=O) groups is 1. The monoisotopic (exact) mass is 336 g/mol. The molecule has 0 heterocycles. The summed E-state index contributed by atoms with van der Waals surface area (Å²) in [6.45, 7) is 8.13. The summed E-state index contributed by atoms with van der Waals surface area (Å²) in [6, 6.07) is 0. The highest BCUT2D eigenvalue weighted by atomic mass is 16.3. The van der Waals surface area contributed by atoms with Crippen LogP contribution in [0.4, 0.5) is 0 Å². The van der Waals surface area contributed by atoms with Gasteiger partial charge in [-0.25, -0.2) is 0 Å². The Morgan fingerprint density at radius 1 is 1.25 bits per heavy atom. The number of hydrogen-bond acceptors (Lipinski definition) is 4. The summed E-state index contributed by atoms with van der Waals surface area (Å²) in [5.74, 6) is 0.605. The SMILES string of the molecule is CC1(C)[C@H](O)C(=O)C[C@@]2(C)[C@@H]3CC[C@](C)([C@@H](O)CO)CC3=CC[C@H]12. The van der Waals surface area contributed by atoms with Gasteiger partial charge in [0.15, 0.2) is 5.78 Å². The smallest absolute Gasteiger partial charge is 0.162 e. The van der Waals surface area contributed by atoms with E-state index in [4.69, 9.17) is 0 Å². The lowest BCUT2D eigenvalue weighted by atomic mass is 9.45. The zero-order valence-electron chi connectivity index (χ0n) is 15.4. The van der Waals surface area contributed by atoms with Crippen LogP contribution in [0.2, 0.25) is 0 Å². The lowest BCUT2D eigenvalue weighted by Gasteiger charge is -2.60. The third-order valence-corrected chi connectivity index (χ3v) is 7.71. The van der Waals surface area contributed by atoms with Crippen molar-refractivity contribution < 1.29 is 20.1 Å². The van der Waals surface area contributed by atoms with Gasteiger partial charge < -0.3 is 15.3 Å². The first kappa shape index (κ1) is 18.1. The molecule has 0 radical (unpaired) electrons. The Morgan fingerprint density at radius 2 is 1.92 bits per heavy atom. The van der Waals surface area contributed by atoms with Crippen LogP contribution < -0.4 is 0 Å². The maximum atomic E-state index is 12.5. The van der Waals surface area contributed by atoms with Crippen molar-refractivity contribution >= 4 is 5.78 Å². The summed E-state index contributed by atoms with van der Waals surface area (Å²) >= 11 is 0. The molecule has 0 aromatic heterocycles. The molecule has 4 nitrogen and oxygen atoms in total. The Kier molecular flexibility index (Phi) is 4.26. The van der Waals surface area contributed by atoms with E-state index >= 15 is 0 Å². The Hall–Kier alpha value is -0.710. The molecule has 3 N–H and O–H groups in total. The van der Waals surface area contributed by atoms with Gasteiger partial charge in [-0.15, -0.1) is 0 Å². The zero-order chi connectivity index (χ0) is 17.9. The molecule has 0 spiro atoms. The Bertz CT molecular complexity index is 566. The molecule has 0 aromatic carbocycles. The average Bonchev–Trinajstić information content (AvgIpc) is 2.51. The molecule has 0 unspecified atom stereocenters. The van der Waals surface area contributed by atoms with Crippen LogP contribution in [0.15, 0.2) is 11.6 Å². The topological polar surface area (TPSA) is 77.8 Å². The number of rotatable bonds is 2. The van der Waals surface area contributed by atoms with Crippen molar-refractivity contribution in [2.75, 3.05) is 6.61 Å². The standard InChI is InChI=1S/C20H32O4/c1-18(2)15-6-5-12-9-19(3,16(23)11-21)8-7-13(12)20(15,4)10-14(22)17(18)24/h5,13,15-17,21,23-24H,6-11H2,1-4H3/t13-,15-,16+,17-,19+,20+/m1/s1. The molecule has 0 bridgehead atoms. The molecule has 3 rings (SSSR count). The molecule has 24 heavy (non-hydrogen) atoms. The molecular formula is C20H32O4. The van der Waals surface area contributed by atoms with Gasteiger partial charge in [-0.3, -0.25) is 4.79 Å². The largest absolute Gasteiger partial charge is 0.394 e. The quantitative estimate of drug-likeness (QED) is 0.677. The van der Waals surface area contributed by atoms with Gasteiger partial charge in [0.2, 0.25) is 0 Å². The number of hydrogen-bond donors (Lipinski definition) is 3. The number of Topliss-reactive ketones (excluding diaryl/α,β-unsaturated/α-hetero) is 1. The second-order valence-corrected chi connectivity index (χ2v) is 9.56. The first-order chi connectivity index (χ1) is 11.1. The van der Waals surface area contributed by atoms with Crippen molar-refractivity contribution in [1.82, 2.24) is 0 Å². The van der Waals surface area contributed by atoms with Crippen molar-refractivity contribution in [3.8, 4) is 0 Å². The second-order valence-electron chi connectivity index (χ2n) is 9.56. The molecule has 0 saturated heterocycles. The maximum Gasteiger partial charge on any atom is 0.162 e. The van der Waals surface area contributed by atoms with Gasteiger partial charge in [0.05, 0.1) is 12.7 Å². The molecule has 3 aliphatic carbocycles.